The van der Waals surface area contributed by atoms with Crippen molar-refractivity contribution in [2.75, 3.05) is 13.6 Å². The van der Waals surface area contributed by atoms with Crippen molar-refractivity contribution in [1.29, 1.82) is 0 Å². The normalized spacial score (nSPS) is 13.9. The number of hydrogen-bond acceptors (Lipinski definition) is 4. The third-order valence-electron chi connectivity index (χ3n) is 2.25. The van der Waals surface area contributed by atoms with Gasteiger partial charge in [-0.3, -0.25) is 0 Å². The molecule has 2 aliphatic heterocycles. The van der Waals surface area contributed by atoms with Crippen LogP contribution in [0.25, 0.3) is 0 Å². The zero-order chi connectivity index (χ0) is 11.0. The van der Waals surface area contributed by atoms with Crippen molar-refractivity contribution in [3.8, 4) is 47.2 Å². The lowest BCUT2D eigenvalue weighted by molar-refractivity contribution is 0.0360. The highest BCUT2D eigenvalue weighted by Crippen LogP contribution is 2.50. The summed E-state index contributed by atoms with van der Waals surface area (Å²) < 4.78 is 21.2. The van der Waals surface area contributed by atoms with Crippen LogP contribution < -0.4 is 18.9 Å². The summed E-state index contributed by atoms with van der Waals surface area (Å²) in [6.07, 6.45) is 5.08. The maximum atomic E-state index is 5.35. The van der Waals surface area contributed by atoms with Gasteiger partial charge in [-0.05, 0) is 17.8 Å². The van der Waals surface area contributed by atoms with Crippen LogP contribution in [0.15, 0.2) is 6.07 Å². The molecule has 4 heteroatoms. The third-order valence-corrected chi connectivity index (χ3v) is 2.25. The molecule has 4 nitrogen and oxygen atoms in total. The molecule has 0 aliphatic carbocycles. The minimum atomic E-state index is 0.124. The summed E-state index contributed by atoms with van der Waals surface area (Å²) in [5, 5.41) is 0. The fraction of sp³-hybridized carbons (Fsp3) is 0.167. The average molecular weight is 214 g/mol. The van der Waals surface area contributed by atoms with Gasteiger partial charge in [-0.2, -0.15) is 0 Å². The lowest BCUT2D eigenvalue weighted by atomic mass is 10.1. The topological polar surface area (TPSA) is 36.9 Å². The number of benzene rings is 1. The van der Waals surface area contributed by atoms with Gasteiger partial charge in [0.2, 0.25) is 25.1 Å². The van der Waals surface area contributed by atoms with Gasteiger partial charge in [0.05, 0.1) is 5.56 Å². The molecular weight excluding hydrogens is 208 g/mol. The van der Waals surface area contributed by atoms with Gasteiger partial charge in [-0.15, -0.1) is 6.42 Å². The Labute approximate surface area is 92.1 Å². The van der Waals surface area contributed by atoms with Crippen molar-refractivity contribution in [3.05, 3.63) is 11.6 Å². The van der Waals surface area contributed by atoms with Gasteiger partial charge in [0.1, 0.15) is 0 Å². The monoisotopic (exact) mass is 214 g/mol. The highest BCUT2D eigenvalue weighted by atomic mass is 16.7. The Morgan fingerprint density at radius 3 is 2.62 bits per heavy atom. The molecule has 0 spiro atoms. The van der Waals surface area contributed by atoms with E-state index in [4.69, 9.17) is 25.4 Å². The van der Waals surface area contributed by atoms with E-state index in [2.05, 4.69) is 17.8 Å². The van der Waals surface area contributed by atoms with Crippen LogP contribution in [0.3, 0.4) is 0 Å². The van der Waals surface area contributed by atoms with Gasteiger partial charge in [0.15, 0.2) is 11.5 Å². The Bertz CT molecular complexity index is 557. The largest absolute Gasteiger partial charge is 0.453 e. The fourth-order valence-electron chi connectivity index (χ4n) is 1.61. The zero-order valence-corrected chi connectivity index (χ0v) is 8.20. The van der Waals surface area contributed by atoms with E-state index in [1.807, 2.05) is 0 Å². The van der Waals surface area contributed by atoms with Gasteiger partial charge in [0.25, 0.3) is 0 Å². The zero-order valence-electron chi connectivity index (χ0n) is 8.20. The molecule has 0 saturated heterocycles. The summed E-state index contributed by atoms with van der Waals surface area (Å²) in [5.74, 6) is 9.85. The van der Waals surface area contributed by atoms with Crippen LogP contribution in [0.4, 0.5) is 0 Å². The molecule has 3 rings (SSSR count). The van der Waals surface area contributed by atoms with Crippen molar-refractivity contribution >= 4 is 0 Å². The quantitative estimate of drug-likeness (QED) is 0.606. The second-order valence-electron chi connectivity index (χ2n) is 3.12. The number of terminal acetylenes is 1. The molecule has 0 fully saturated rings. The van der Waals surface area contributed by atoms with E-state index in [9.17, 15) is 0 Å². The Hall–Kier alpha value is -2.46. The first-order valence-corrected chi connectivity index (χ1v) is 4.59. The van der Waals surface area contributed by atoms with Crippen molar-refractivity contribution in [2.24, 2.45) is 0 Å². The summed E-state index contributed by atoms with van der Waals surface area (Å²) in [5.41, 5.74) is 0.648. The molecule has 2 heterocycles. The molecule has 0 amide bonds. The molecule has 1 aromatic carbocycles. The molecule has 4 bridgehead atoms. The Balaban J connectivity index is 2.23. The molecule has 0 saturated carbocycles. The molecule has 0 radical (unpaired) electrons. The highest BCUT2D eigenvalue weighted by molar-refractivity contribution is 5.68. The first-order chi connectivity index (χ1) is 7.90. The van der Waals surface area contributed by atoms with Crippen molar-refractivity contribution < 1.29 is 18.9 Å². The van der Waals surface area contributed by atoms with Gasteiger partial charge < -0.3 is 18.9 Å². The summed E-state index contributed by atoms with van der Waals surface area (Å²) in [4.78, 5) is 0. The summed E-state index contributed by atoms with van der Waals surface area (Å²) in [6, 6.07) is 1.74. The second kappa shape index (κ2) is 3.29. The van der Waals surface area contributed by atoms with Crippen LogP contribution >= 0.6 is 0 Å². The van der Waals surface area contributed by atoms with E-state index in [1.165, 1.54) is 0 Å². The number of rotatable bonds is 0. The van der Waals surface area contributed by atoms with Crippen LogP contribution in [-0.4, -0.2) is 13.6 Å². The van der Waals surface area contributed by atoms with Crippen LogP contribution in [0.2, 0.25) is 0 Å². The Morgan fingerprint density at radius 2 is 1.75 bits per heavy atom. The van der Waals surface area contributed by atoms with E-state index in [-0.39, 0.29) is 13.6 Å². The van der Waals surface area contributed by atoms with Gasteiger partial charge in [0, 0.05) is 6.07 Å². The van der Waals surface area contributed by atoms with E-state index < -0.39 is 0 Å². The van der Waals surface area contributed by atoms with Gasteiger partial charge >= 0.3 is 0 Å². The number of ether oxygens (including phenoxy) is 4. The van der Waals surface area contributed by atoms with Crippen LogP contribution in [-0.2, 0) is 0 Å². The van der Waals surface area contributed by atoms with Gasteiger partial charge in [-0.25, -0.2) is 0 Å². The van der Waals surface area contributed by atoms with Crippen LogP contribution in [0, 0.1) is 24.2 Å². The second-order valence-corrected chi connectivity index (χ2v) is 3.12. The maximum Gasteiger partial charge on any atom is 0.231 e. The SMILES string of the molecule is C#CC#Cc1cc2c3c(c1OCO3)OCO2. The Kier molecular flexibility index (Phi) is 1.81. The summed E-state index contributed by atoms with van der Waals surface area (Å²) >= 11 is 0. The lowest BCUT2D eigenvalue weighted by Crippen LogP contribution is -2.21. The van der Waals surface area contributed by atoms with Crippen LogP contribution in [0.5, 0.6) is 23.0 Å². The third kappa shape index (κ3) is 1.14. The minimum absolute atomic E-state index is 0.124. The molecular formula is C12H6O4. The molecule has 16 heavy (non-hydrogen) atoms. The first-order valence-electron chi connectivity index (χ1n) is 4.59. The fourth-order valence-corrected chi connectivity index (χ4v) is 1.61. The van der Waals surface area contributed by atoms with E-state index in [1.54, 1.807) is 6.07 Å². The van der Waals surface area contributed by atoms with Crippen molar-refractivity contribution in [1.82, 2.24) is 0 Å². The smallest absolute Gasteiger partial charge is 0.231 e. The molecule has 0 aromatic heterocycles. The van der Waals surface area contributed by atoms with Crippen molar-refractivity contribution in [3.63, 3.8) is 0 Å². The molecule has 2 aliphatic rings. The van der Waals surface area contributed by atoms with Gasteiger partial charge in [-0.1, -0.05) is 0 Å². The molecule has 1 aromatic rings. The molecule has 78 valence electrons. The Morgan fingerprint density at radius 1 is 1.00 bits per heavy atom. The average Bonchev–Trinajstić information content (AvgIpc) is 2.30. The first kappa shape index (κ1) is 8.82. The van der Waals surface area contributed by atoms with E-state index >= 15 is 0 Å². The number of hydrogen-bond donors (Lipinski definition) is 0. The van der Waals surface area contributed by atoms with Crippen molar-refractivity contribution in [2.45, 2.75) is 0 Å². The maximum absolute atomic E-state index is 5.35. The van der Waals surface area contributed by atoms with Crippen LogP contribution in [0.1, 0.15) is 5.56 Å². The predicted molar refractivity (Wildman–Crippen MR) is 54.4 cm³/mol. The van der Waals surface area contributed by atoms with E-state index in [0.29, 0.717) is 28.6 Å². The predicted octanol–water partition coefficient (Wildman–Crippen LogP) is 1.13. The molecule has 0 atom stereocenters. The highest BCUT2D eigenvalue weighted by Gasteiger charge is 2.29. The molecule has 0 unspecified atom stereocenters. The summed E-state index contributed by atoms with van der Waals surface area (Å²) in [6.45, 7) is 0.274. The standard InChI is InChI=1S/C12H6O4/c1-2-3-4-8-5-9-11-12(16-6-13-9)10(8)14-7-15-11/h1,5H,6-7H2. The molecule has 0 N–H and O–H groups in total. The van der Waals surface area contributed by atoms with E-state index in [0.717, 1.165) is 0 Å². The lowest BCUT2D eigenvalue weighted by Gasteiger charge is -2.28. The summed E-state index contributed by atoms with van der Waals surface area (Å²) in [7, 11) is 0. The minimum Gasteiger partial charge on any atom is -0.453 e.